The minimum atomic E-state index is -0.557. The number of thioether (sulfide) groups is 1. The number of aromatic nitrogens is 2. The monoisotopic (exact) mass is 344 g/mol. The van der Waals surface area contributed by atoms with Crippen LogP contribution >= 0.6 is 35.0 Å². The molecule has 112 valence electrons. The lowest BCUT2D eigenvalue weighted by Gasteiger charge is -2.00. The number of alkyl halides is 2. The molecule has 2 aromatic rings. The minimum absolute atomic E-state index is 0.308. The fraction of sp³-hybridized carbons (Fsp3) is 0.429. The Morgan fingerprint density at radius 1 is 1.33 bits per heavy atom. The number of methoxy groups -OCH3 is 1. The summed E-state index contributed by atoms with van der Waals surface area (Å²) in [5, 5.41) is 8.65. The number of hydrogen-bond donors (Lipinski definition) is 0. The molecule has 21 heavy (non-hydrogen) atoms. The van der Waals surface area contributed by atoms with E-state index in [0.717, 1.165) is 23.5 Å². The van der Waals surface area contributed by atoms with Crippen LogP contribution in [0.15, 0.2) is 33.9 Å². The van der Waals surface area contributed by atoms with Gasteiger partial charge in [0.2, 0.25) is 5.89 Å². The molecule has 7 heteroatoms. The second-order valence-corrected chi connectivity index (χ2v) is 7.47. The van der Waals surface area contributed by atoms with E-state index in [-0.39, 0.29) is 0 Å². The largest absolute Gasteiger partial charge is 0.497 e. The molecule has 0 aliphatic heterocycles. The lowest BCUT2D eigenvalue weighted by atomic mass is 10.1. The molecular weight excluding hydrogens is 331 g/mol. The molecule has 0 bridgehead atoms. The van der Waals surface area contributed by atoms with Gasteiger partial charge >= 0.3 is 0 Å². The van der Waals surface area contributed by atoms with E-state index >= 15 is 0 Å². The zero-order chi connectivity index (χ0) is 14.9. The minimum Gasteiger partial charge on any atom is -0.497 e. The van der Waals surface area contributed by atoms with Crippen molar-refractivity contribution in [1.82, 2.24) is 10.2 Å². The topological polar surface area (TPSA) is 48.2 Å². The molecule has 1 unspecified atom stereocenters. The van der Waals surface area contributed by atoms with Gasteiger partial charge in [-0.15, -0.1) is 33.4 Å². The molecule has 0 spiro atoms. The molecule has 0 saturated heterocycles. The van der Waals surface area contributed by atoms with E-state index in [1.807, 2.05) is 24.3 Å². The highest BCUT2D eigenvalue weighted by Crippen LogP contribution is 2.54. The quantitative estimate of drug-likeness (QED) is 0.586. The molecular formula is C14H14Cl2N2O2S. The zero-order valence-corrected chi connectivity index (χ0v) is 13.7. The van der Waals surface area contributed by atoms with E-state index in [1.165, 1.54) is 11.8 Å². The molecule has 1 aromatic heterocycles. The van der Waals surface area contributed by atoms with E-state index in [1.54, 1.807) is 7.11 Å². The number of hydrogen-bond acceptors (Lipinski definition) is 5. The molecule has 4 nitrogen and oxygen atoms in total. The van der Waals surface area contributed by atoms with Crippen molar-refractivity contribution < 1.29 is 9.15 Å². The van der Waals surface area contributed by atoms with Crippen LogP contribution in [0.25, 0.3) is 0 Å². The van der Waals surface area contributed by atoms with Crippen LogP contribution in [0.1, 0.15) is 17.9 Å². The molecule has 1 saturated carbocycles. The van der Waals surface area contributed by atoms with Gasteiger partial charge < -0.3 is 9.15 Å². The van der Waals surface area contributed by atoms with Crippen LogP contribution < -0.4 is 4.74 Å². The number of rotatable bonds is 6. The van der Waals surface area contributed by atoms with Crippen molar-refractivity contribution in [3.63, 3.8) is 0 Å². The Hall–Kier alpha value is -0.910. The van der Waals surface area contributed by atoms with Crippen LogP contribution in [-0.2, 0) is 6.42 Å². The van der Waals surface area contributed by atoms with Crippen molar-refractivity contribution in [3.05, 3.63) is 35.7 Å². The summed E-state index contributed by atoms with van der Waals surface area (Å²) in [6, 6.07) is 7.79. The summed E-state index contributed by atoms with van der Waals surface area (Å²) in [7, 11) is 1.65. The highest BCUT2D eigenvalue weighted by molar-refractivity contribution is 7.99. The van der Waals surface area contributed by atoms with Crippen LogP contribution in [0.5, 0.6) is 5.75 Å². The third-order valence-corrected chi connectivity index (χ3v) is 5.23. The first-order valence-corrected chi connectivity index (χ1v) is 8.27. The second-order valence-electron chi connectivity index (χ2n) is 4.96. The highest BCUT2D eigenvalue weighted by atomic mass is 35.5. The number of ether oxygens (including phenoxy) is 1. The highest BCUT2D eigenvalue weighted by Gasteiger charge is 2.51. The van der Waals surface area contributed by atoms with E-state index in [9.17, 15) is 0 Å². The van der Waals surface area contributed by atoms with E-state index in [4.69, 9.17) is 32.4 Å². The van der Waals surface area contributed by atoms with E-state index in [0.29, 0.717) is 23.5 Å². The summed E-state index contributed by atoms with van der Waals surface area (Å²) in [4.78, 5) is 0. The Balaban J connectivity index is 1.54. The van der Waals surface area contributed by atoms with Gasteiger partial charge in [-0.2, -0.15) is 0 Å². The number of benzene rings is 1. The SMILES string of the molecule is COc1ccc(Cc2nnc(SCC3CC3(Cl)Cl)o2)cc1. The molecule has 3 rings (SSSR count). The molecule has 0 N–H and O–H groups in total. The first-order valence-electron chi connectivity index (χ1n) is 6.53. The fourth-order valence-corrected chi connectivity index (χ4v) is 3.62. The van der Waals surface area contributed by atoms with Gasteiger partial charge in [0, 0.05) is 11.7 Å². The summed E-state index contributed by atoms with van der Waals surface area (Å²) in [5.74, 6) is 2.54. The first-order chi connectivity index (χ1) is 10.1. The molecule has 1 heterocycles. The van der Waals surface area contributed by atoms with Crippen molar-refractivity contribution in [2.45, 2.75) is 22.4 Å². The molecule has 0 radical (unpaired) electrons. The smallest absolute Gasteiger partial charge is 0.276 e. The Kier molecular flexibility index (Phi) is 4.33. The Labute approximate surface area is 137 Å². The lowest BCUT2D eigenvalue weighted by Crippen LogP contribution is -1.92. The Bertz CT molecular complexity index is 616. The van der Waals surface area contributed by atoms with Crippen LogP contribution in [0.4, 0.5) is 0 Å². The summed E-state index contributed by atoms with van der Waals surface area (Å²) >= 11 is 13.5. The molecule has 1 aromatic carbocycles. The predicted molar refractivity (Wildman–Crippen MR) is 83.4 cm³/mol. The number of nitrogens with zero attached hydrogens (tertiary/aromatic N) is 2. The maximum atomic E-state index is 5.99. The average Bonchev–Trinajstić information content (AvgIpc) is 2.87. The summed E-state index contributed by atoms with van der Waals surface area (Å²) in [6.07, 6.45) is 1.44. The van der Waals surface area contributed by atoms with Crippen molar-refractivity contribution in [2.24, 2.45) is 5.92 Å². The summed E-state index contributed by atoms with van der Waals surface area (Å²) in [5.41, 5.74) is 1.10. The van der Waals surface area contributed by atoms with Crippen molar-refractivity contribution >= 4 is 35.0 Å². The van der Waals surface area contributed by atoms with Crippen LogP contribution in [0.3, 0.4) is 0 Å². The van der Waals surface area contributed by atoms with Gasteiger partial charge in [0.15, 0.2) is 0 Å². The van der Waals surface area contributed by atoms with Crippen LogP contribution in [0.2, 0.25) is 0 Å². The van der Waals surface area contributed by atoms with Gasteiger partial charge in [-0.1, -0.05) is 23.9 Å². The fourth-order valence-electron chi connectivity index (χ4n) is 1.91. The van der Waals surface area contributed by atoms with Gasteiger partial charge in [-0.05, 0) is 24.1 Å². The second kappa shape index (κ2) is 6.07. The molecule has 1 fully saturated rings. The van der Waals surface area contributed by atoms with Crippen LogP contribution in [-0.4, -0.2) is 27.4 Å². The van der Waals surface area contributed by atoms with Gasteiger partial charge in [0.05, 0.1) is 13.5 Å². The molecule has 1 atom stereocenters. The molecule has 0 amide bonds. The zero-order valence-electron chi connectivity index (χ0n) is 11.4. The van der Waals surface area contributed by atoms with Crippen molar-refractivity contribution in [2.75, 3.05) is 12.9 Å². The van der Waals surface area contributed by atoms with Crippen molar-refractivity contribution in [3.8, 4) is 5.75 Å². The van der Waals surface area contributed by atoms with Crippen LogP contribution in [0, 0.1) is 5.92 Å². The molecule has 1 aliphatic rings. The lowest BCUT2D eigenvalue weighted by molar-refractivity contribution is 0.413. The predicted octanol–water partition coefficient (Wildman–Crippen LogP) is 3.95. The Morgan fingerprint density at radius 3 is 2.67 bits per heavy atom. The van der Waals surface area contributed by atoms with Gasteiger partial charge in [0.25, 0.3) is 5.22 Å². The van der Waals surface area contributed by atoms with E-state index < -0.39 is 4.33 Å². The summed E-state index contributed by atoms with van der Waals surface area (Å²) < 4.78 is 10.2. The molecule has 1 aliphatic carbocycles. The summed E-state index contributed by atoms with van der Waals surface area (Å²) in [6.45, 7) is 0. The standard InChI is InChI=1S/C14H14Cl2N2O2S/c1-19-11-4-2-9(3-5-11)6-12-17-18-13(20-12)21-8-10-7-14(10,15)16/h2-5,10H,6-8H2,1H3. The maximum absolute atomic E-state index is 5.99. The maximum Gasteiger partial charge on any atom is 0.276 e. The van der Waals surface area contributed by atoms with Crippen molar-refractivity contribution in [1.29, 1.82) is 0 Å². The number of halogens is 2. The van der Waals surface area contributed by atoms with Gasteiger partial charge in [0.1, 0.15) is 10.1 Å². The van der Waals surface area contributed by atoms with Gasteiger partial charge in [-0.25, -0.2) is 0 Å². The van der Waals surface area contributed by atoms with Gasteiger partial charge in [-0.3, -0.25) is 0 Å². The average molecular weight is 345 g/mol. The third kappa shape index (κ3) is 3.84. The Morgan fingerprint density at radius 2 is 2.05 bits per heavy atom. The third-order valence-electron chi connectivity index (χ3n) is 3.33. The first kappa shape index (κ1) is 15.0. The van der Waals surface area contributed by atoms with E-state index in [2.05, 4.69) is 10.2 Å². The normalized spacial score (nSPS) is 19.5.